The van der Waals surface area contributed by atoms with E-state index in [0.29, 0.717) is 12.0 Å². The van der Waals surface area contributed by atoms with E-state index in [9.17, 15) is 4.79 Å². The van der Waals surface area contributed by atoms with Crippen molar-refractivity contribution in [3.8, 4) is 11.5 Å². The quantitative estimate of drug-likeness (QED) is 0.670. The van der Waals surface area contributed by atoms with E-state index in [-0.39, 0.29) is 12.1 Å². The monoisotopic (exact) mass is 282 g/mol. The number of benzene rings is 2. The van der Waals surface area contributed by atoms with Crippen molar-refractivity contribution < 1.29 is 14.3 Å². The third-order valence-corrected chi connectivity index (χ3v) is 3.80. The van der Waals surface area contributed by atoms with E-state index >= 15 is 0 Å². The lowest BCUT2D eigenvalue weighted by Crippen LogP contribution is -2.17. The van der Waals surface area contributed by atoms with Crippen LogP contribution in [-0.2, 0) is 11.2 Å². The first-order valence-corrected chi connectivity index (χ1v) is 7.27. The van der Waals surface area contributed by atoms with Crippen LogP contribution in [0.15, 0.2) is 42.5 Å². The lowest BCUT2D eigenvalue weighted by Gasteiger charge is -2.22. The zero-order chi connectivity index (χ0) is 14.8. The van der Waals surface area contributed by atoms with Crippen molar-refractivity contribution in [3.05, 3.63) is 59.2 Å². The molecule has 1 atom stereocenters. The fourth-order valence-corrected chi connectivity index (χ4v) is 2.42. The first-order chi connectivity index (χ1) is 10.2. The standard InChI is InChI=1S/C18H18O3/c1-3-12(2)20-18(19)14-8-6-10-17-15(14)11-13-7-4-5-9-16(13)21-17/h4-10,12H,3,11H2,1-2H3. The summed E-state index contributed by atoms with van der Waals surface area (Å²) in [5, 5.41) is 0. The Bertz CT molecular complexity index is 676. The Morgan fingerprint density at radius 1 is 1.19 bits per heavy atom. The van der Waals surface area contributed by atoms with E-state index < -0.39 is 0 Å². The Balaban J connectivity index is 1.94. The number of rotatable bonds is 3. The summed E-state index contributed by atoms with van der Waals surface area (Å²) in [5.74, 6) is 1.33. The molecule has 0 saturated carbocycles. The molecule has 1 unspecified atom stereocenters. The molecule has 1 aliphatic rings. The summed E-state index contributed by atoms with van der Waals surface area (Å²) >= 11 is 0. The second-order valence-corrected chi connectivity index (χ2v) is 5.29. The van der Waals surface area contributed by atoms with Gasteiger partial charge in [0.05, 0.1) is 11.7 Å². The van der Waals surface area contributed by atoms with E-state index in [1.54, 1.807) is 6.07 Å². The van der Waals surface area contributed by atoms with Gasteiger partial charge >= 0.3 is 5.97 Å². The normalized spacial score (nSPS) is 13.6. The van der Waals surface area contributed by atoms with Gasteiger partial charge in [0.25, 0.3) is 0 Å². The number of ether oxygens (including phenoxy) is 2. The molecule has 1 heterocycles. The van der Waals surface area contributed by atoms with Crippen molar-refractivity contribution >= 4 is 5.97 Å². The van der Waals surface area contributed by atoms with Gasteiger partial charge in [0, 0.05) is 12.0 Å². The van der Waals surface area contributed by atoms with Crippen molar-refractivity contribution in [2.45, 2.75) is 32.8 Å². The first kappa shape index (κ1) is 13.7. The molecule has 108 valence electrons. The van der Waals surface area contributed by atoms with Gasteiger partial charge in [-0.1, -0.05) is 31.2 Å². The highest BCUT2D eigenvalue weighted by molar-refractivity contribution is 5.92. The minimum absolute atomic E-state index is 0.0786. The predicted molar refractivity (Wildman–Crippen MR) is 80.9 cm³/mol. The number of fused-ring (bicyclic) bond motifs is 2. The molecule has 3 nitrogen and oxygen atoms in total. The molecule has 0 aliphatic carbocycles. The Kier molecular flexibility index (Phi) is 3.65. The number of esters is 1. The second kappa shape index (κ2) is 5.60. The third-order valence-electron chi connectivity index (χ3n) is 3.80. The van der Waals surface area contributed by atoms with Crippen molar-refractivity contribution in [3.63, 3.8) is 0 Å². The molecule has 0 bridgehead atoms. The van der Waals surface area contributed by atoms with Gasteiger partial charge in [0.2, 0.25) is 0 Å². The van der Waals surface area contributed by atoms with Crippen LogP contribution in [0, 0.1) is 0 Å². The van der Waals surface area contributed by atoms with Crippen LogP contribution in [0.1, 0.15) is 41.8 Å². The Labute approximate surface area is 124 Å². The zero-order valence-electron chi connectivity index (χ0n) is 12.3. The lowest BCUT2D eigenvalue weighted by atomic mass is 9.96. The highest BCUT2D eigenvalue weighted by Gasteiger charge is 2.23. The fraction of sp³-hybridized carbons (Fsp3) is 0.278. The molecular formula is C18H18O3. The van der Waals surface area contributed by atoms with Gasteiger partial charge in [-0.05, 0) is 37.1 Å². The van der Waals surface area contributed by atoms with E-state index in [4.69, 9.17) is 9.47 Å². The SMILES string of the molecule is CCC(C)OC(=O)c1cccc2c1Cc1ccccc1O2. The van der Waals surface area contributed by atoms with Crippen LogP contribution in [0.4, 0.5) is 0 Å². The summed E-state index contributed by atoms with van der Waals surface area (Å²) in [6.45, 7) is 3.90. The molecule has 0 radical (unpaired) electrons. The largest absolute Gasteiger partial charge is 0.459 e. The number of para-hydroxylation sites is 1. The molecule has 0 amide bonds. The topological polar surface area (TPSA) is 35.5 Å². The maximum Gasteiger partial charge on any atom is 0.338 e. The smallest absolute Gasteiger partial charge is 0.338 e. The molecule has 2 aromatic rings. The molecule has 0 aromatic heterocycles. The zero-order valence-corrected chi connectivity index (χ0v) is 12.3. The van der Waals surface area contributed by atoms with Crippen molar-refractivity contribution in [2.75, 3.05) is 0 Å². The van der Waals surface area contributed by atoms with Gasteiger partial charge in [0.1, 0.15) is 11.5 Å². The van der Waals surface area contributed by atoms with Crippen LogP contribution in [0.25, 0.3) is 0 Å². The van der Waals surface area contributed by atoms with E-state index in [1.165, 1.54) is 0 Å². The van der Waals surface area contributed by atoms with Gasteiger partial charge < -0.3 is 9.47 Å². The first-order valence-electron chi connectivity index (χ1n) is 7.27. The predicted octanol–water partition coefficient (Wildman–Crippen LogP) is 4.34. The number of carbonyl (C=O) groups is 1. The second-order valence-electron chi connectivity index (χ2n) is 5.29. The van der Waals surface area contributed by atoms with Crippen molar-refractivity contribution in [1.82, 2.24) is 0 Å². The molecular weight excluding hydrogens is 264 g/mol. The van der Waals surface area contributed by atoms with Crippen LogP contribution in [0.2, 0.25) is 0 Å². The van der Waals surface area contributed by atoms with Crippen LogP contribution in [0.5, 0.6) is 11.5 Å². The molecule has 0 fully saturated rings. The summed E-state index contributed by atoms with van der Waals surface area (Å²) in [7, 11) is 0. The van der Waals surface area contributed by atoms with Gasteiger partial charge in [0.15, 0.2) is 0 Å². The summed E-state index contributed by atoms with van der Waals surface area (Å²) < 4.78 is 11.3. The van der Waals surface area contributed by atoms with E-state index in [1.807, 2.05) is 50.2 Å². The molecule has 0 spiro atoms. The van der Waals surface area contributed by atoms with Crippen molar-refractivity contribution in [1.29, 1.82) is 0 Å². The van der Waals surface area contributed by atoms with Crippen LogP contribution >= 0.6 is 0 Å². The van der Waals surface area contributed by atoms with Gasteiger partial charge in [-0.15, -0.1) is 0 Å². The Morgan fingerprint density at radius 3 is 2.76 bits per heavy atom. The van der Waals surface area contributed by atoms with Crippen LogP contribution in [-0.4, -0.2) is 12.1 Å². The van der Waals surface area contributed by atoms with Crippen LogP contribution < -0.4 is 4.74 Å². The average molecular weight is 282 g/mol. The molecule has 0 saturated heterocycles. The van der Waals surface area contributed by atoms with Gasteiger partial charge in [-0.2, -0.15) is 0 Å². The Hall–Kier alpha value is -2.29. The number of hydrogen-bond donors (Lipinski definition) is 0. The fourth-order valence-electron chi connectivity index (χ4n) is 2.42. The summed E-state index contributed by atoms with van der Waals surface area (Å²) in [5.41, 5.74) is 2.60. The maximum atomic E-state index is 12.3. The average Bonchev–Trinajstić information content (AvgIpc) is 2.52. The molecule has 21 heavy (non-hydrogen) atoms. The van der Waals surface area contributed by atoms with Gasteiger partial charge in [-0.25, -0.2) is 4.79 Å². The molecule has 1 aliphatic heterocycles. The van der Waals surface area contributed by atoms with E-state index in [2.05, 4.69) is 0 Å². The van der Waals surface area contributed by atoms with Gasteiger partial charge in [-0.3, -0.25) is 0 Å². The molecule has 0 N–H and O–H groups in total. The Morgan fingerprint density at radius 2 is 1.95 bits per heavy atom. The number of carbonyl (C=O) groups excluding carboxylic acids is 1. The minimum atomic E-state index is -0.274. The highest BCUT2D eigenvalue weighted by Crippen LogP contribution is 2.38. The third kappa shape index (κ3) is 2.64. The summed E-state index contributed by atoms with van der Waals surface area (Å²) in [4.78, 5) is 12.3. The minimum Gasteiger partial charge on any atom is -0.459 e. The highest BCUT2D eigenvalue weighted by atomic mass is 16.5. The molecule has 3 rings (SSSR count). The lowest BCUT2D eigenvalue weighted by molar-refractivity contribution is 0.0333. The summed E-state index contributed by atoms with van der Waals surface area (Å²) in [6.07, 6.45) is 1.42. The maximum absolute atomic E-state index is 12.3. The molecule has 3 heteroatoms. The van der Waals surface area contributed by atoms with E-state index in [0.717, 1.165) is 29.0 Å². The summed E-state index contributed by atoms with van der Waals surface area (Å²) in [6, 6.07) is 13.4. The number of hydrogen-bond acceptors (Lipinski definition) is 3. The van der Waals surface area contributed by atoms with Crippen molar-refractivity contribution in [2.24, 2.45) is 0 Å². The van der Waals surface area contributed by atoms with Crippen LogP contribution in [0.3, 0.4) is 0 Å². The molecule has 2 aromatic carbocycles.